The molecule has 0 fully saturated rings. The number of carbonyl (C=O) groups is 2. The van der Waals surface area contributed by atoms with E-state index in [0.29, 0.717) is 16.1 Å². The number of benzene rings is 3. The third-order valence-corrected chi connectivity index (χ3v) is 4.60. The maximum atomic E-state index is 14.1. The van der Waals surface area contributed by atoms with Gasteiger partial charge in [-0.15, -0.1) is 0 Å². The Bertz CT molecular complexity index is 1260. The number of hydrogen-bond acceptors (Lipinski definition) is 3. The van der Waals surface area contributed by atoms with Crippen molar-refractivity contribution in [1.29, 1.82) is 0 Å². The highest BCUT2D eigenvalue weighted by atomic mass is 35.5. The van der Waals surface area contributed by atoms with Gasteiger partial charge in [-0.1, -0.05) is 23.7 Å². The molecular weight excluding hydrogens is 391 g/mol. The molecule has 0 saturated heterocycles. The SMILES string of the molecule is O=C(Nc1cc(F)cc(C(=O)c2ccc3ncccc3c2)c1)c1cccc(Cl)c1. The Hall–Kier alpha value is -3.57. The average Bonchev–Trinajstić information content (AvgIpc) is 2.72. The minimum atomic E-state index is -0.625. The largest absolute Gasteiger partial charge is 0.322 e. The molecule has 1 amide bonds. The molecule has 0 aliphatic heterocycles. The fourth-order valence-electron chi connectivity index (χ4n) is 3.01. The van der Waals surface area contributed by atoms with Crippen molar-refractivity contribution in [1.82, 2.24) is 4.98 Å². The standard InChI is InChI=1S/C23H14ClFN2O2/c24-18-5-1-3-16(10-18)23(29)27-20-12-17(11-19(25)13-20)22(28)15-6-7-21-14(9-15)4-2-8-26-21/h1-13H,(H,27,29). The second-order valence-corrected chi connectivity index (χ2v) is 6.87. The number of fused-ring (bicyclic) bond motifs is 1. The van der Waals surface area contributed by atoms with Crippen molar-refractivity contribution in [2.75, 3.05) is 5.32 Å². The van der Waals surface area contributed by atoms with Gasteiger partial charge in [0, 0.05) is 39.0 Å². The van der Waals surface area contributed by atoms with Crippen LogP contribution in [0.25, 0.3) is 10.9 Å². The summed E-state index contributed by atoms with van der Waals surface area (Å²) in [5.41, 5.74) is 1.81. The summed E-state index contributed by atoms with van der Waals surface area (Å²) in [6.45, 7) is 0. The van der Waals surface area contributed by atoms with Gasteiger partial charge in [-0.25, -0.2) is 4.39 Å². The molecule has 1 aromatic heterocycles. The molecule has 0 unspecified atom stereocenters. The first-order valence-corrected chi connectivity index (χ1v) is 9.14. The maximum absolute atomic E-state index is 14.1. The molecule has 6 heteroatoms. The number of nitrogens with one attached hydrogen (secondary N) is 1. The van der Waals surface area contributed by atoms with Crippen LogP contribution in [-0.4, -0.2) is 16.7 Å². The van der Waals surface area contributed by atoms with E-state index in [1.165, 1.54) is 12.1 Å². The van der Waals surface area contributed by atoms with Crippen LogP contribution >= 0.6 is 11.6 Å². The predicted octanol–water partition coefficient (Wildman–Crippen LogP) is 5.51. The van der Waals surface area contributed by atoms with Gasteiger partial charge >= 0.3 is 0 Å². The van der Waals surface area contributed by atoms with E-state index >= 15 is 0 Å². The van der Waals surface area contributed by atoms with Gasteiger partial charge in [0.2, 0.25) is 0 Å². The third kappa shape index (κ3) is 4.15. The van der Waals surface area contributed by atoms with Gasteiger partial charge in [0.05, 0.1) is 5.52 Å². The van der Waals surface area contributed by atoms with Crippen LogP contribution in [0.5, 0.6) is 0 Å². The Morgan fingerprint density at radius 3 is 2.55 bits per heavy atom. The Balaban J connectivity index is 1.63. The quantitative estimate of drug-likeness (QED) is 0.456. The molecule has 0 bridgehead atoms. The summed E-state index contributed by atoms with van der Waals surface area (Å²) in [4.78, 5) is 29.5. The number of ketones is 1. The molecule has 4 rings (SSSR count). The molecule has 0 aliphatic rings. The van der Waals surface area contributed by atoms with E-state index in [0.717, 1.165) is 23.0 Å². The number of carbonyl (C=O) groups excluding carboxylic acids is 2. The van der Waals surface area contributed by atoms with E-state index in [2.05, 4.69) is 10.3 Å². The van der Waals surface area contributed by atoms with Gasteiger partial charge in [0.1, 0.15) is 5.82 Å². The fraction of sp³-hybridized carbons (Fsp3) is 0. The molecule has 0 aliphatic carbocycles. The topological polar surface area (TPSA) is 59.1 Å². The molecule has 29 heavy (non-hydrogen) atoms. The number of pyridine rings is 1. The van der Waals surface area contributed by atoms with Crippen LogP contribution in [0.1, 0.15) is 26.3 Å². The lowest BCUT2D eigenvalue weighted by molar-refractivity contribution is 0.102. The van der Waals surface area contributed by atoms with Gasteiger partial charge in [0.15, 0.2) is 5.78 Å². The predicted molar refractivity (Wildman–Crippen MR) is 111 cm³/mol. The molecule has 0 radical (unpaired) electrons. The zero-order valence-electron chi connectivity index (χ0n) is 15.0. The molecule has 0 spiro atoms. The first-order valence-electron chi connectivity index (χ1n) is 8.76. The summed E-state index contributed by atoms with van der Waals surface area (Å²) in [5, 5.41) is 3.83. The third-order valence-electron chi connectivity index (χ3n) is 4.37. The maximum Gasteiger partial charge on any atom is 0.255 e. The van der Waals surface area contributed by atoms with Gasteiger partial charge in [-0.2, -0.15) is 0 Å². The van der Waals surface area contributed by atoms with Crippen LogP contribution in [0.4, 0.5) is 10.1 Å². The van der Waals surface area contributed by atoms with Crippen LogP contribution in [0.2, 0.25) is 5.02 Å². The minimum absolute atomic E-state index is 0.134. The summed E-state index contributed by atoms with van der Waals surface area (Å²) in [6, 6.07) is 18.9. The molecule has 1 heterocycles. The molecule has 142 valence electrons. The summed E-state index contributed by atoms with van der Waals surface area (Å²) in [6.07, 6.45) is 1.67. The second kappa shape index (κ2) is 7.81. The van der Waals surface area contributed by atoms with Crippen LogP contribution in [0.3, 0.4) is 0 Å². The van der Waals surface area contributed by atoms with E-state index in [4.69, 9.17) is 11.6 Å². The van der Waals surface area contributed by atoms with E-state index in [-0.39, 0.29) is 17.0 Å². The van der Waals surface area contributed by atoms with Gasteiger partial charge in [0.25, 0.3) is 5.91 Å². The minimum Gasteiger partial charge on any atom is -0.322 e. The molecule has 1 N–H and O–H groups in total. The molecule has 4 aromatic rings. The number of hydrogen-bond donors (Lipinski definition) is 1. The average molecular weight is 405 g/mol. The lowest BCUT2D eigenvalue weighted by Gasteiger charge is -2.09. The number of anilines is 1. The van der Waals surface area contributed by atoms with Crippen molar-refractivity contribution < 1.29 is 14.0 Å². The van der Waals surface area contributed by atoms with E-state index in [1.807, 2.05) is 6.07 Å². The molecule has 3 aromatic carbocycles. The monoisotopic (exact) mass is 404 g/mol. The zero-order valence-corrected chi connectivity index (χ0v) is 15.8. The van der Waals surface area contributed by atoms with Gasteiger partial charge in [-0.3, -0.25) is 14.6 Å². The number of aromatic nitrogens is 1. The van der Waals surface area contributed by atoms with Gasteiger partial charge < -0.3 is 5.32 Å². The Labute approximate surface area is 171 Å². The van der Waals surface area contributed by atoms with Crippen molar-refractivity contribution in [3.63, 3.8) is 0 Å². The highest BCUT2D eigenvalue weighted by Gasteiger charge is 2.14. The van der Waals surface area contributed by atoms with Gasteiger partial charge in [-0.05, 0) is 60.7 Å². The lowest BCUT2D eigenvalue weighted by Crippen LogP contribution is -2.13. The van der Waals surface area contributed by atoms with E-state index in [1.54, 1.807) is 48.7 Å². The molecule has 4 nitrogen and oxygen atoms in total. The second-order valence-electron chi connectivity index (χ2n) is 6.43. The number of amides is 1. The molecule has 0 atom stereocenters. The Morgan fingerprint density at radius 2 is 1.72 bits per heavy atom. The van der Waals surface area contributed by atoms with E-state index in [9.17, 15) is 14.0 Å². The summed E-state index contributed by atoms with van der Waals surface area (Å²) in [5.74, 6) is -1.43. The first-order chi connectivity index (χ1) is 14.0. The molecule has 0 saturated carbocycles. The summed E-state index contributed by atoms with van der Waals surface area (Å²) in [7, 11) is 0. The van der Waals surface area contributed by atoms with Crippen LogP contribution < -0.4 is 5.32 Å². The Morgan fingerprint density at radius 1 is 0.862 bits per heavy atom. The highest BCUT2D eigenvalue weighted by molar-refractivity contribution is 6.31. The summed E-state index contributed by atoms with van der Waals surface area (Å²) < 4.78 is 14.1. The highest BCUT2D eigenvalue weighted by Crippen LogP contribution is 2.21. The lowest BCUT2D eigenvalue weighted by atomic mass is 10.0. The molecular formula is C23H14ClFN2O2. The van der Waals surface area contributed by atoms with Crippen molar-refractivity contribution in [3.8, 4) is 0 Å². The van der Waals surface area contributed by atoms with E-state index < -0.39 is 11.7 Å². The first kappa shape index (κ1) is 18.8. The normalized spacial score (nSPS) is 10.7. The zero-order chi connectivity index (χ0) is 20.4. The van der Waals surface area contributed by atoms with Crippen LogP contribution in [0, 0.1) is 5.82 Å². The van der Waals surface area contributed by atoms with Crippen molar-refractivity contribution in [2.24, 2.45) is 0 Å². The van der Waals surface area contributed by atoms with Crippen molar-refractivity contribution in [2.45, 2.75) is 0 Å². The Kier molecular flexibility index (Phi) is 5.06. The van der Waals surface area contributed by atoms with Crippen molar-refractivity contribution in [3.05, 3.63) is 107 Å². The number of nitrogens with zero attached hydrogens (tertiary/aromatic N) is 1. The number of halogens is 2. The summed E-state index contributed by atoms with van der Waals surface area (Å²) >= 11 is 5.90. The van der Waals surface area contributed by atoms with Crippen LogP contribution in [-0.2, 0) is 0 Å². The number of rotatable bonds is 4. The smallest absolute Gasteiger partial charge is 0.255 e. The fourth-order valence-corrected chi connectivity index (χ4v) is 3.20. The van der Waals surface area contributed by atoms with Crippen molar-refractivity contribution >= 4 is 39.9 Å². The van der Waals surface area contributed by atoms with Crippen LogP contribution in [0.15, 0.2) is 79.0 Å².